The van der Waals surface area contributed by atoms with Crippen LogP contribution in [0.5, 0.6) is 0 Å². The van der Waals surface area contributed by atoms with Crippen LogP contribution in [-0.4, -0.2) is 43.9 Å². The Balaban J connectivity index is 1.78. The second-order valence-corrected chi connectivity index (χ2v) is 8.84. The van der Waals surface area contributed by atoms with E-state index in [-0.39, 0.29) is 13.0 Å². The van der Waals surface area contributed by atoms with Crippen molar-refractivity contribution in [1.82, 2.24) is 10.6 Å². The maximum absolute atomic E-state index is 13.1. The van der Waals surface area contributed by atoms with Gasteiger partial charge in [0.2, 0.25) is 5.91 Å². The van der Waals surface area contributed by atoms with Gasteiger partial charge >= 0.3 is 6.18 Å². The number of amides is 1. The Morgan fingerprint density at radius 2 is 1.96 bits per heavy atom. The lowest BCUT2D eigenvalue weighted by Gasteiger charge is -2.17. The van der Waals surface area contributed by atoms with Crippen LogP contribution >= 0.6 is 0 Å². The summed E-state index contributed by atoms with van der Waals surface area (Å²) in [6, 6.07) is 3.25. The van der Waals surface area contributed by atoms with Crippen molar-refractivity contribution in [2.75, 3.05) is 6.54 Å². The average molecular weight is 389 g/mol. The summed E-state index contributed by atoms with van der Waals surface area (Å²) in [6.07, 6.45) is -2.46. The Kier molecular flexibility index (Phi) is 4.60. The number of hydrogen-bond donors (Lipinski definition) is 3. The molecule has 0 bridgehead atoms. The molecule has 1 heterocycles. The number of halogens is 3. The van der Waals surface area contributed by atoms with Crippen molar-refractivity contribution in [3.63, 3.8) is 0 Å². The van der Waals surface area contributed by atoms with E-state index in [4.69, 9.17) is 5.41 Å². The summed E-state index contributed by atoms with van der Waals surface area (Å²) in [5.41, 5.74) is -1.85. The topological polar surface area (TPSA) is 99.1 Å². The SMILES string of the molecule is N=CC1(NC(=O)C2CC(S(=O)(=O)c3ccccc3C(F)(F)F)CN2)CC1. The van der Waals surface area contributed by atoms with E-state index in [2.05, 4.69) is 10.6 Å². The molecule has 26 heavy (non-hydrogen) atoms. The number of carbonyl (C=O) groups excluding carboxylic acids is 1. The van der Waals surface area contributed by atoms with Gasteiger partial charge in [-0.1, -0.05) is 12.1 Å². The van der Waals surface area contributed by atoms with E-state index in [1.54, 1.807) is 0 Å². The lowest BCUT2D eigenvalue weighted by molar-refractivity contribution is -0.139. The van der Waals surface area contributed by atoms with Crippen molar-refractivity contribution >= 4 is 22.0 Å². The van der Waals surface area contributed by atoms with E-state index in [0.717, 1.165) is 24.4 Å². The van der Waals surface area contributed by atoms with Gasteiger partial charge in [-0.3, -0.25) is 4.79 Å². The number of nitrogens with one attached hydrogen (secondary N) is 3. The first-order valence-electron chi connectivity index (χ1n) is 8.06. The molecule has 3 rings (SSSR count). The maximum atomic E-state index is 13.1. The van der Waals surface area contributed by atoms with E-state index in [0.29, 0.717) is 12.8 Å². The van der Waals surface area contributed by atoms with Crippen LogP contribution < -0.4 is 10.6 Å². The van der Waals surface area contributed by atoms with Gasteiger partial charge < -0.3 is 16.0 Å². The number of alkyl halides is 3. The summed E-state index contributed by atoms with van der Waals surface area (Å²) in [7, 11) is -4.26. The van der Waals surface area contributed by atoms with Gasteiger partial charge in [-0.15, -0.1) is 0 Å². The molecule has 1 aromatic rings. The summed E-state index contributed by atoms with van der Waals surface area (Å²) >= 11 is 0. The third-order valence-electron chi connectivity index (χ3n) is 4.78. The highest BCUT2D eigenvalue weighted by Gasteiger charge is 2.46. The second kappa shape index (κ2) is 6.34. The molecule has 2 atom stereocenters. The summed E-state index contributed by atoms with van der Waals surface area (Å²) < 4.78 is 64.8. The minimum Gasteiger partial charge on any atom is -0.344 e. The lowest BCUT2D eigenvalue weighted by atomic mass is 10.2. The molecule has 10 heteroatoms. The number of hydrogen-bond acceptors (Lipinski definition) is 5. The fourth-order valence-electron chi connectivity index (χ4n) is 3.04. The molecule has 0 spiro atoms. The average Bonchev–Trinajstić information content (AvgIpc) is 3.17. The van der Waals surface area contributed by atoms with E-state index in [1.807, 2.05) is 0 Å². The fraction of sp³-hybridized carbons (Fsp3) is 0.500. The minimum absolute atomic E-state index is 0.107. The second-order valence-electron chi connectivity index (χ2n) is 6.65. The highest BCUT2D eigenvalue weighted by Crippen LogP contribution is 2.37. The molecule has 1 aromatic carbocycles. The smallest absolute Gasteiger partial charge is 0.344 e. The Labute approximate surface area is 148 Å². The van der Waals surface area contributed by atoms with Crippen molar-refractivity contribution < 1.29 is 26.4 Å². The summed E-state index contributed by atoms with van der Waals surface area (Å²) in [4.78, 5) is 11.5. The molecule has 2 fully saturated rings. The van der Waals surface area contributed by atoms with E-state index in [1.165, 1.54) is 6.07 Å². The van der Waals surface area contributed by atoms with E-state index in [9.17, 15) is 26.4 Å². The molecular formula is C16H18F3N3O3S. The first kappa shape index (κ1) is 18.8. The van der Waals surface area contributed by atoms with Gasteiger partial charge in [-0.05, 0) is 31.4 Å². The predicted molar refractivity (Wildman–Crippen MR) is 87.7 cm³/mol. The Bertz CT molecular complexity index is 835. The summed E-state index contributed by atoms with van der Waals surface area (Å²) in [6.45, 7) is -0.107. The summed E-state index contributed by atoms with van der Waals surface area (Å²) in [5, 5.41) is 11.6. The third-order valence-corrected chi connectivity index (χ3v) is 6.99. The molecular weight excluding hydrogens is 371 g/mol. The Morgan fingerprint density at radius 1 is 1.31 bits per heavy atom. The zero-order valence-corrected chi connectivity index (χ0v) is 14.5. The number of rotatable bonds is 5. The molecule has 2 aliphatic rings. The Morgan fingerprint density at radius 3 is 2.54 bits per heavy atom. The van der Waals surface area contributed by atoms with E-state index >= 15 is 0 Å². The van der Waals surface area contributed by atoms with Crippen LogP contribution in [0.2, 0.25) is 0 Å². The molecule has 1 amide bonds. The number of carbonyl (C=O) groups is 1. The zero-order chi connectivity index (χ0) is 19.2. The maximum Gasteiger partial charge on any atom is 0.417 e. The molecule has 1 aliphatic carbocycles. The lowest BCUT2D eigenvalue weighted by Crippen LogP contribution is -2.47. The highest BCUT2D eigenvalue weighted by molar-refractivity contribution is 7.92. The van der Waals surface area contributed by atoms with Crippen LogP contribution in [0.25, 0.3) is 0 Å². The van der Waals surface area contributed by atoms with Gasteiger partial charge in [0.05, 0.1) is 27.3 Å². The third kappa shape index (κ3) is 3.48. The minimum atomic E-state index is -4.78. The van der Waals surface area contributed by atoms with Crippen molar-refractivity contribution in [2.24, 2.45) is 0 Å². The van der Waals surface area contributed by atoms with Crippen LogP contribution in [0.3, 0.4) is 0 Å². The molecule has 1 saturated heterocycles. The van der Waals surface area contributed by atoms with Gasteiger partial charge in [0.1, 0.15) is 0 Å². The van der Waals surface area contributed by atoms with Gasteiger partial charge in [-0.2, -0.15) is 13.2 Å². The largest absolute Gasteiger partial charge is 0.417 e. The molecule has 3 N–H and O–H groups in total. The highest BCUT2D eigenvalue weighted by atomic mass is 32.2. The van der Waals surface area contributed by atoms with Crippen molar-refractivity contribution in [3.8, 4) is 0 Å². The summed E-state index contributed by atoms with van der Waals surface area (Å²) in [5.74, 6) is -0.437. The molecule has 0 radical (unpaired) electrons. The van der Waals surface area contributed by atoms with Gasteiger partial charge in [0, 0.05) is 12.8 Å². The van der Waals surface area contributed by atoms with Crippen LogP contribution in [0.4, 0.5) is 13.2 Å². The molecule has 2 unspecified atom stereocenters. The fourth-order valence-corrected chi connectivity index (χ4v) is 4.92. The molecule has 1 saturated carbocycles. The monoisotopic (exact) mass is 389 g/mol. The van der Waals surface area contributed by atoms with E-state index < -0.39 is 49.2 Å². The molecule has 142 valence electrons. The number of benzene rings is 1. The predicted octanol–water partition coefficient (Wildman–Crippen LogP) is 1.51. The van der Waals surface area contributed by atoms with Crippen molar-refractivity contribution in [1.29, 1.82) is 5.41 Å². The first-order valence-corrected chi connectivity index (χ1v) is 9.61. The number of sulfone groups is 1. The van der Waals surface area contributed by atoms with Crippen LogP contribution in [0.1, 0.15) is 24.8 Å². The van der Waals surface area contributed by atoms with Crippen LogP contribution in [0, 0.1) is 5.41 Å². The molecule has 0 aromatic heterocycles. The standard InChI is InChI=1S/C16H18F3N3O3S/c17-16(18,19)11-3-1-2-4-13(11)26(24,25)10-7-12(21-8-10)14(23)22-15(9-20)5-6-15/h1-4,9-10,12,20-21H,5-8H2,(H,22,23). The quantitative estimate of drug-likeness (QED) is 0.665. The van der Waals surface area contributed by atoms with Crippen molar-refractivity contribution in [3.05, 3.63) is 29.8 Å². The first-order chi connectivity index (χ1) is 12.1. The van der Waals surface area contributed by atoms with Crippen molar-refractivity contribution in [2.45, 2.75) is 47.2 Å². The van der Waals surface area contributed by atoms with Gasteiger partial charge in [0.15, 0.2) is 9.84 Å². The Hall–Kier alpha value is -1.94. The van der Waals surface area contributed by atoms with Gasteiger partial charge in [0.25, 0.3) is 0 Å². The van der Waals surface area contributed by atoms with Gasteiger partial charge in [-0.25, -0.2) is 8.42 Å². The molecule has 6 nitrogen and oxygen atoms in total. The van der Waals surface area contributed by atoms with Crippen LogP contribution in [0.15, 0.2) is 29.2 Å². The molecule has 1 aliphatic heterocycles. The normalized spacial score (nSPS) is 24.9. The van der Waals surface area contributed by atoms with Crippen LogP contribution in [-0.2, 0) is 20.8 Å². The zero-order valence-electron chi connectivity index (χ0n) is 13.6.